The molecule has 142 valence electrons. The Morgan fingerprint density at radius 1 is 0.840 bits per heavy atom. The van der Waals surface area contributed by atoms with Gasteiger partial charge in [0.25, 0.3) is 0 Å². The number of piperidine rings is 1. The van der Waals surface area contributed by atoms with E-state index in [4.69, 9.17) is 0 Å². The minimum absolute atomic E-state index is 0. The lowest BCUT2D eigenvalue weighted by Crippen LogP contribution is -2.52. The third-order valence-corrected chi connectivity index (χ3v) is 6.94. The van der Waals surface area contributed by atoms with E-state index in [2.05, 4.69) is 5.32 Å². The van der Waals surface area contributed by atoms with Crippen LogP contribution in [0.4, 0.5) is 0 Å². The zero-order chi connectivity index (χ0) is 16.6. The molecule has 2 saturated carbocycles. The van der Waals surface area contributed by atoms with Crippen molar-refractivity contribution in [2.24, 2.45) is 17.3 Å². The molecule has 1 N–H and O–H groups in total. The van der Waals surface area contributed by atoms with Gasteiger partial charge in [-0.1, -0.05) is 19.3 Å². The second kappa shape index (κ2) is 7.83. The maximum atomic E-state index is 12.8. The number of halogens is 1. The van der Waals surface area contributed by atoms with Gasteiger partial charge in [0.15, 0.2) is 0 Å². The zero-order valence-corrected chi connectivity index (χ0v) is 16.0. The van der Waals surface area contributed by atoms with Crippen LogP contribution in [0.5, 0.6) is 0 Å². The minimum atomic E-state index is 0. The molecule has 25 heavy (non-hydrogen) atoms. The lowest BCUT2D eigenvalue weighted by Gasteiger charge is -2.37. The SMILES string of the molecule is Cl.O=C(C1CCCCC1)N1CCN(C(=O)C2CC23CCNCC3)CC1. The van der Waals surface area contributed by atoms with Crippen molar-refractivity contribution in [3.63, 3.8) is 0 Å². The highest BCUT2D eigenvalue weighted by Gasteiger charge is 2.58. The first kappa shape index (κ1) is 19.0. The molecule has 0 aromatic heterocycles. The Bertz CT molecular complexity index is 493. The first-order chi connectivity index (χ1) is 11.7. The van der Waals surface area contributed by atoms with Gasteiger partial charge < -0.3 is 15.1 Å². The first-order valence-corrected chi connectivity index (χ1v) is 9.98. The van der Waals surface area contributed by atoms with Crippen LogP contribution in [-0.2, 0) is 9.59 Å². The van der Waals surface area contributed by atoms with E-state index in [-0.39, 0.29) is 24.2 Å². The van der Waals surface area contributed by atoms with Crippen molar-refractivity contribution in [1.29, 1.82) is 0 Å². The molecule has 2 saturated heterocycles. The van der Waals surface area contributed by atoms with Crippen LogP contribution in [0, 0.1) is 17.3 Å². The molecule has 4 aliphatic rings. The van der Waals surface area contributed by atoms with Gasteiger partial charge in [0.05, 0.1) is 0 Å². The van der Waals surface area contributed by atoms with E-state index in [1.165, 1.54) is 19.3 Å². The Labute approximate surface area is 157 Å². The number of nitrogens with zero attached hydrogens (tertiary/aromatic N) is 2. The second-order valence-corrected chi connectivity index (χ2v) is 8.35. The molecule has 2 aliphatic carbocycles. The summed E-state index contributed by atoms with van der Waals surface area (Å²) in [6, 6.07) is 0. The first-order valence-electron chi connectivity index (χ1n) is 9.98. The van der Waals surface area contributed by atoms with Crippen molar-refractivity contribution in [2.45, 2.75) is 51.4 Å². The molecule has 4 fully saturated rings. The third kappa shape index (κ3) is 3.82. The predicted octanol–water partition coefficient (Wildman–Crippen LogP) is 2.05. The Morgan fingerprint density at radius 2 is 1.40 bits per heavy atom. The summed E-state index contributed by atoms with van der Waals surface area (Å²) in [5.74, 6) is 1.23. The van der Waals surface area contributed by atoms with Crippen LogP contribution in [0.1, 0.15) is 51.4 Å². The number of carbonyl (C=O) groups is 2. The molecular weight excluding hydrogens is 338 g/mol. The van der Waals surface area contributed by atoms with Crippen molar-refractivity contribution in [3.8, 4) is 0 Å². The standard InChI is InChI=1S/C19H31N3O2.ClH/c23-17(15-4-2-1-3-5-15)21-10-12-22(13-11-21)18(24)16-14-19(16)6-8-20-9-7-19;/h15-16,20H,1-14H2;1H. The summed E-state index contributed by atoms with van der Waals surface area (Å²) in [6.45, 7) is 5.08. The maximum absolute atomic E-state index is 12.8. The predicted molar refractivity (Wildman–Crippen MR) is 99.6 cm³/mol. The normalized spacial score (nSPS) is 29.2. The number of amides is 2. The third-order valence-electron chi connectivity index (χ3n) is 6.94. The quantitative estimate of drug-likeness (QED) is 0.810. The number of piperazine rings is 1. The fraction of sp³-hybridized carbons (Fsp3) is 0.895. The lowest BCUT2D eigenvalue weighted by molar-refractivity contribution is -0.143. The molecule has 0 radical (unpaired) electrons. The molecule has 1 unspecified atom stereocenters. The Kier molecular flexibility index (Phi) is 5.94. The maximum Gasteiger partial charge on any atom is 0.226 e. The molecule has 0 bridgehead atoms. The van der Waals surface area contributed by atoms with Gasteiger partial charge in [0.1, 0.15) is 0 Å². The van der Waals surface area contributed by atoms with Crippen molar-refractivity contribution in [3.05, 3.63) is 0 Å². The van der Waals surface area contributed by atoms with Crippen LogP contribution in [0.25, 0.3) is 0 Å². The van der Waals surface area contributed by atoms with Crippen LogP contribution < -0.4 is 5.32 Å². The summed E-state index contributed by atoms with van der Waals surface area (Å²) in [6.07, 6.45) is 9.22. The van der Waals surface area contributed by atoms with E-state index < -0.39 is 0 Å². The topological polar surface area (TPSA) is 52.7 Å². The molecule has 6 heteroatoms. The molecule has 0 aromatic rings. The minimum Gasteiger partial charge on any atom is -0.339 e. The Morgan fingerprint density at radius 3 is 2.00 bits per heavy atom. The highest BCUT2D eigenvalue weighted by molar-refractivity contribution is 5.85. The van der Waals surface area contributed by atoms with Crippen molar-refractivity contribution in [2.75, 3.05) is 39.3 Å². The van der Waals surface area contributed by atoms with Crippen molar-refractivity contribution >= 4 is 24.2 Å². The summed E-state index contributed by atoms with van der Waals surface area (Å²) >= 11 is 0. The number of hydrogen-bond donors (Lipinski definition) is 1. The number of nitrogens with one attached hydrogen (secondary N) is 1. The Hall–Kier alpha value is -0.810. The van der Waals surface area contributed by atoms with Gasteiger partial charge in [-0.05, 0) is 50.6 Å². The molecule has 1 atom stereocenters. The number of carbonyl (C=O) groups excluding carboxylic acids is 2. The average Bonchev–Trinajstić information content (AvgIpc) is 3.34. The highest BCUT2D eigenvalue weighted by atomic mass is 35.5. The monoisotopic (exact) mass is 369 g/mol. The van der Waals surface area contributed by atoms with Crippen LogP contribution in [0.2, 0.25) is 0 Å². The summed E-state index contributed by atoms with van der Waals surface area (Å²) < 4.78 is 0. The largest absolute Gasteiger partial charge is 0.339 e. The summed E-state index contributed by atoms with van der Waals surface area (Å²) in [4.78, 5) is 29.5. The number of rotatable bonds is 2. The smallest absolute Gasteiger partial charge is 0.226 e. The molecule has 4 rings (SSSR count). The average molecular weight is 370 g/mol. The van der Waals surface area contributed by atoms with Gasteiger partial charge >= 0.3 is 0 Å². The van der Waals surface area contributed by atoms with E-state index >= 15 is 0 Å². The van der Waals surface area contributed by atoms with Gasteiger partial charge in [-0.2, -0.15) is 0 Å². The zero-order valence-electron chi connectivity index (χ0n) is 15.2. The van der Waals surface area contributed by atoms with Crippen LogP contribution in [0.15, 0.2) is 0 Å². The second-order valence-electron chi connectivity index (χ2n) is 8.35. The number of hydrogen-bond acceptors (Lipinski definition) is 3. The van der Waals surface area contributed by atoms with Crippen LogP contribution in [-0.4, -0.2) is 60.9 Å². The van der Waals surface area contributed by atoms with Crippen molar-refractivity contribution in [1.82, 2.24) is 15.1 Å². The van der Waals surface area contributed by atoms with E-state index in [9.17, 15) is 9.59 Å². The van der Waals surface area contributed by atoms with E-state index in [1.54, 1.807) is 0 Å². The molecule has 1 spiro atoms. The molecular formula is C19H32ClN3O2. The van der Waals surface area contributed by atoms with Gasteiger partial charge in [-0.25, -0.2) is 0 Å². The fourth-order valence-electron chi connectivity index (χ4n) is 5.15. The molecule has 2 aliphatic heterocycles. The fourth-order valence-corrected chi connectivity index (χ4v) is 5.15. The van der Waals surface area contributed by atoms with Gasteiger partial charge in [-0.3, -0.25) is 9.59 Å². The molecule has 2 heterocycles. The van der Waals surface area contributed by atoms with Crippen molar-refractivity contribution < 1.29 is 9.59 Å². The molecule has 2 amide bonds. The Balaban J connectivity index is 0.00000182. The van der Waals surface area contributed by atoms with E-state index in [0.29, 0.717) is 17.2 Å². The summed E-state index contributed by atoms with van der Waals surface area (Å²) in [5, 5.41) is 3.40. The van der Waals surface area contributed by atoms with Crippen LogP contribution in [0.3, 0.4) is 0 Å². The van der Waals surface area contributed by atoms with Gasteiger partial charge in [-0.15, -0.1) is 12.4 Å². The van der Waals surface area contributed by atoms with Gasteiger partial charge in [0, 0.05) is 38.0 Å². The summed E-state index contributed by atoms with van der Waals surface area (Å²) in [5.41, 5.74) is 0.317. The van der Waals surface area contributed by atoms with E-state index in [1.807, 2.05) is 9.80 Å². The molecule has 0 aromatic carbocycles. The van der Waals surface area contributed by atoms with Crippen LogP contribution >= 0.6 is 12.4 Å². The highest BCUT2D eigenvalue weighted by Crippen LogP contribution is 2.59. The van der Waals surface area contributed by atoms with E-state index in [0.717, 1.165) is 71.4 Å². The summed E-state index contributed by atoms with van der Waals surface area (Å²) in [7, 11) is 0. The lowest BCUT2D eigenvalue weighted by atomic mass is 9.88. The molecule has 5 nitrogen and oxygen atoms in total. The van der Waals surface area contributed by atoms with Gasteiger partial charge in [0.2, 0.25) is 11.8 Å².